The SMILES string of the molecule is O=C(Cn1ccc2ccc(Cl)cc21)Nc1ccc(N2CCCC2)cn1. The zero-order chi connectivity index (χ0) is 17.2. The molecule has 5 nitrogen and oxygen atoms in total. The van der Waals surface area contributed by atoms with E-state index < -0.39 is 0 Å². The normalized spacial score (nSPS) is 14.2. The first kappa shape index (κ1) is 16.0. The molecule has 25 heavy (non-hydrogen) atoms. The number of aromatic nitrogens is 2. The van der Waals surface area contributed by atoms with E-state index in [0.717, 1.165) is 29.7 Å². The van der Waals surface area contributed by atoms with Crippen LogP contribution in [0.1, 0.15) is 12.8 Å². The maximum Gasteiger partial charge on any atom is 0.245 e. The predicted octanol–water partition coefficient (Wildman–Crippen LogP) is 3.93. The minimum Gasteiger partial charge on any atom is -0.370 e. The van der Waals surface area contributed by atoms with Crippen molar-refractivity contribution < 1.29 is 4.79 Å². The van der Waals surface area contributed by atoms with Crippen LogP contribution in [0.25, 0.3) is 10.9 Å². The quantitative estimate of drug-likeness (QED) is 0.772. The Morgan fingerprint density at radius 1 is 1.16 bits per heavy atom. The third-order valence-corrected chi connectivity index (χ3v) is 4.77. The van der Waals surface area contributed by atoms with Crippen molar-refractivity contribution >= 4 is 39.9 Å². The van der Waals surface area contributed by atoms with Crippen molar-refractivity contribution in [1.29, 1.82) is 0 Å². The molecule has 1 aliphatic rings. The molecule has 1 aromatic carbocycles. The Balaban J connectivity index is 1.43. The molecule has 2 aromatic heterocycles. The summed E-state index contributed by atoms with van der Waals surface area (Å²) in [6, 6.07) is 11.5. The van der Waals surface area contributed by atoms with Crippen molar-refractivity contribution in [2.75, 3.05) is 23.3 Å². The fourth-order valence-electron chi connectivity index (χ4n) is 3.25. The van der Waals surface area contributed by atoms with E-state index in [-0.39, 0.29) is 12.5 Å². The van der Waals surface area contributed by atoms with E-state index in [2.05, 4.69) is 15.2 Å². The summed E-state index contributed by atoms with van der Waals surface area (Å²) in [5, 5.41) is 4.57. The van der Waals surface area contributed by atoms with Crippen LogP contribution in [0.5, 0.6) is 0 Å². The summed E-state index contributed by atoms with van der Waals surface area (Å²) < 4.78 is 1.88. The first-order valence-corrected chi connectivity index (χ1v) is 8.82. The summed E-state index contributed by atoms with van der Waals surface area (Å²) >= 11 is 6.05. The van der Waals surface area contributed by atoms with Gasteiger partial charge in [0.1, 0.15) is 12.4 Å². The molecule has 3 aromatic rings. The lowest BCUT2D eigenvalue weighted by Crippen LogP contribution is -2.20. The summed E-state index contributed by atoms with van der Waals surface area (Å²) in [4.78, 5) is 19.0. The highest BCUT2D eigenvalue weighted by atomic mass is 35.5. The van der Waals surface area contributed by atoms with Crippen molar-refractivity contribution in [1.82, 2.24) is 9.55 Å². The van der Waals surface area contributed by atoms with E-state index in [9.17, 15) is 4.79 Å². The van der Waals surface area contributed by atoms with E-state index in [1.165, 1.54) is 12.8 Å². The number of carbonyl (C=O) groups excluding carboxylic acids is 1. The molecule has 1 amide bonds. The fourth-order valence-corrected chi connectivity index (χ4v) is 3.42. The molecule has 1 aliphatic heterocycles. The van der Waals surface area contributed by atoms with E-state index in [4.69, 9.17) is 11.6 Å². The number of hydrogen-bond acceptors (Lipinski definition) is 3. The zero-order valence-electron chi connectivity index (χ0n) is 13.8. The molecule has 0 bridgehead atoms. The molecule has 1 fully saturated rings. The maximum atomic E-state index is 12.3. The Hall–Kier alpha value is -2.53. The van der Waals surface area contributed by atoms with Gasteiger partial charge in [-0.3, -0.25) is 4.79 Å². The van der Waals surface area contributed by atoms with Crippen LogP contribution < -0.4 is 10.2 Å². The van der Waals surface area contributed by atoms with Crippen molar-refractivity contribution in [2.45, 2.75) is 19.4 Å². The third kappa shape index (κ3) is 3.46. The third-order valence-electron chi connectivity index (χ3n) is 4.54. The van der Waals surface area contributed by atoms with Crippen LogP contribution in [0.3, 0.4) is 0 Å². The Kier molecular flexibility index (Phi) is 4.32. The van der Waals surface area contributed by atoms with Gasteiger partial charge in [0.05, 0.1) is 11.9 Å². The molecule has 3 heterocycles. The summed E-state index contributed by atoms with van der Waals surface area (Å²) in [6.07, 6.45) is 6.18. The predicted molar refractivity (Wildman–Crippen MR) is 101 cm³/mol. The summed E-state index contributed by atoms with van der Waals surface area (Å²) in [7, 11) is 0. The molecule has 0 radical (unpaired) electrons. The number of halogens is 1. The van der Waals surface area contributed by atoms with Crippen LogP contribution in [0.2, 0.25) is 5.02 Å². The molecular weight excluding hydrogens is 336 g/mol. The molecule has 0 unspecified atom stereocenters. The minimum absolute atomic E-state index is 0.112. The number of nitrogens with one attached hydrogen (secondary N) is 1. The first-order chi connectivity index (χ1) is 12.2. The van der Waals surface area contributed by atoms with E-state index in [1.807, 2.05) is 53.4 Å². The van der Waals surface area contributed by atoms with Gasteiger partial charge in [0.15, 0.2) is 0 Å². The number of anilines is 2. The first-order valence-electron chi connectivity index (χ1n) is 8.44. The zero-order valence-corrected chi connectivity index (χ0v) is 14.5. The van der Waals surface area contributed by atoms with Gasteiger partial charge in [-0.1, -0.05) is 17.7 Å². The van der Waals surface area contributed by atoms with Crippen LogP contribution in [0.15, 0.2) is 48.8 Å². The Morgan fingerprint density at radius 3 is 2.76 bits per heavy atom. The number of rotatable bonds is 4. The Labute approximate surface area is 151 Å². The summed E-state index contributed by atoms with van der Waals surface area (Å²) in [5.41, 5.74) is 2.06. The number of amides is 1. The average Bonchev–Trinajstić information content (AvgIpc) is 3.26. The molecule has 0 atom stereocenters. The largest absolute Gasteiger partial charge is 0.370 e. The second kappa shape index (κ2) is 6.76. The van der Waals surface area contributed by atoms with Gasteiger partial charge in [-0.05, 0) is 48.6 Å². The molecule has 6 heteroatoms. The standard InChI is InChI=1S/C19H19ClN4O/c20-15-4-3-14-7-10-24(17(14)11-15)13-19(25)22-18-6-5-16(12-21-18)23-8-1-2-9-23/h3-7,10-12H,1-2,8-9,13H2,(H,21,22,25). The van der Waals surface area contributed by atoms with Crippen molar-refractivity contribution in [2.24, 2.45) is 0 Å². The molecule has 4 rings (SSSR count). The Morgan fingerprint density at radius 2 is 2.00 bits per heavy atom. The van der Waals surface area contributed by atoms with Gasteiger partial charge in [0.2, 0.25) is 5.91 Å². The molecular formula is C19H19ClN4O. The van der Waals surface area contributed by atoms with Gasteiger partial charge in [-0.25, -0.2) is 4.98 Å². The van der Waals surface area contributed by atoms with E-state index in [0.29, 0.717) is 10.8 Å². The lowest BCUT2D eigenvalue weighted by molar-refractivity contribution is -0.116. The van der Waals surface area contributed by atoms with Crippen LogP contribution in [0.4, 0.5) is 11.5 Å². The number of benzene rings is 1. The second-order valence-corrected chi connectivity index (χ2v) is 6.73. The second-order valence-electron chi connectivity index (χ2n) is 6.29. The molecule has 128 valence electrons. The minimum atomic E-state index is -0.112. The maximum absolute atomic E-state index is 12.3. The molecule has 1 saturated heterocycles. The van der Waals surface area contributed by atoms with Gasteiger partial charge in [0.25, 0.3) is 0 Å². The highest BCUT2D eigenvalue weighted by Gasteiger charge is 2.13. The van der Waals surface area contributed by atoms with Gasteiger partial charge in [0, 0.05) is 29.8 Å². The highest BCUT2D eigenvalue weighted by molar-refractivity contribution is 6.31. The Bertz CT molecular complexity index is 897. The van der Waals surface area contributed by atoms with Gasteiger partial charge in [-0.15, -0.1) is 0 Å². The monoisotopic (exact) mass is 354 g/mol. The molecule has 0 spiro atoms. The van der Waals surface area contributed by atoms with Crippen LogP contribution in [-0.4, -0.2) is 28.5 Å². The van der Waals surface area contributed by atoms with E-state index >= 15 is 0 Å². The number of nitrogens with zero attached hydrogens (tertiary/aromatic N) is 3. The molecule has 1 N–H and O–H groups in total. The topological polar surface area (TPSA) is 50.2 Å². The lowest BCUT2D eigenvalue weighted by Gasteiger charge is -2.17. The number of carbonyl (C=O) groups is 1. The van der Waals surface area contributed by atoms with Crippen molar-refractivity contribution in [3.63, 3.8) is 0 Å². The fraction of sp³-hybridized carbons (Fsp3) is 0.263. The van der Waals surface area contributed by atoms with Gasteiger partial charge in [-0.2, -0.15) is 0 Å². The smallest absolute Gasteiger partial charge is 0.245 e. The molecule has 0 aliphatic carbocycles. The van der Waals surface area contributed by atoms with Crippen LogP contribution in [-0.2, 0) is 11.3 Å². The number of hydrogen-bond donors (Lipinski definition) is 1. The molecule has 0 saturated carbocycles. The van der Waals surface area contributed by atoms with Crippen LogP contribution >= 0.6 is 11.6 Å². The highest BCUT2D eigenvalue weighted by Crippen LogP contribution is 2.22. The average molecular weight is 355 g/mol. The number of pyridine rings is 1. The van der Waals surface area contributed by atoms with E-state index in [1.54, 1.807) is 0 Å². The van der Waals surface area contributed by atoms with Gasteiger partial charge >= 0.3 is 0 Å². The van der Waals surface area contributed by atoms with Crippen molar-refractivity contribution in [3.8, 4) is 0 Å². The van der Waals surface area contributed by atoms with Gasteiger partial charge < -0.3 is 14.8 Å². The lowest BCUT2D eigenvalue weighted by atomic mass is 10.2. The number of fused-ring (bicyclic) bond motifs is 1. The van der Waals surface area contributed by atoms with Crippen LogP contribution in [0, 0.1) is 0 Å². The summed E-state index contributed by atoms with van der Waals surface area (Å²) in [5.74, 6) is 0.460. The summed E-state index contributed by atoms with van der Waals surface area (Å²) in [6.45, 7) is 2.38. The van der Waals surface area contributed by atoms with Crippen molar-refractivity contribution in [3.05, 3.63) is 53.8 Å².